The Bertz CT molecular complexity index is 2690. The lowest BCUT2D eigenvalue weighted by Gasteiger charge is -2.40. The SMILES string of the molecule is Cc1cc(-c2[nH]nc3ncc(-c4ccc(N5CCN(CC6CCN(c7ccc(N8CCC(=O)NC8=O)c(Cl)c7)CC6)CC5)cc4)cc23)ccc1C(C)NC(=O)c1noc(C(C)(C)C)n1. The molecule has 1 unspecified atom stereocenters. The van der Waals surface area contributed by atoms with Crippen molar-refractivity contribution in [3.05, 3.63) is 101 Å². The van der Waals surface area contributed by atoms with Gasteiger partial charge in [-0.25, -0.2) is 9.78 Å². The van der Waals surface area contributed by atoms with E-state index in [0.29, 0.717) is 34.7 Å². The highest BCUT2D eigenvalue weighted by molar-refractivity contribution is 6.34. The van der Waals surface area contributed by atoms with Gasteiger partial charge in [-0.15, -0.1) is 0 Å². The molecule has 332 valence electrons. The first-order valence-electron chi connectivity index (χ1n) is 22.1. The van der Waals surface area contributed by atoms with Gasteiger partial charge in [0, 0.05) is 98.3 Å². The number of imide groups is 1. The topological polar surface area (TPSA) is 169 Å². The van der Waals surface area contributed by atoms with Crippen LogP contribution in [0.5, 0.6) is 0 Å². The maximum absolute atomic E-state index is 13.0. The number of benzene rings is 3. The number of piperazine rings is 1. The zero-order chi connectivity index (χ0) is 44.7. The molecule has 1 atom stereocenters. The third kappa shape index (κ3) is 9.04. The molecule has 3 saturated heterocycles. The van der Waals surface area contributed by atoms with Gasteiger partial charge in [-0.2, -0.15) is 10.1 Å². The molecule has 64 heavy (non-hydrogen) atoms. The summed E-state index contributed by atoms with van der Waals surface area (Å²) in [6, 6.07) is 22.3. The van der Waals surface area contributed by atoms with E-state index in [1.807, 2.05) is 71.1 Å². The fraction of sp³-hybridized carbons (Fsp3) is 0.396. The summed E-state index contributed by atoms with van der Waals surface area (Å²) in [6.45, 7) is 17.3. The molecule has 0 spiro atoms. The van der Waals surface area contributed by atoms with E-state index in [4.69, 9.17) is 21.1 Å². The third-order valence-electron chi connectivity index (χ3n) is 12.8. The molecule has 3 aliphatic rings. The van der Waals surface area contributed by atoms with Crippen molar-refractivity contribution in [3.8, 4) is 22.4 Å². The van der Waals surface area contributed by atoms with E-state index in [1.54, 1.807) is 0 Å². The van der Waals surface area contributed by atoms with Gasteiger partial charge in [0.1, 0.15) is 0 Å². The van der Waals surface area contributed by atoms with Crippen LogP contribution in [-0.2, 0) is 10.2 Å². The van der Waals surface area contributed by atoms with E-state index in [2.05, 4.69) is 82.1 Å². The molecule has 3 aromatic carbocycles. The Morgan fingerprint density at radius 1 is 0.891 bits per heavy atom. The minimum absolute atomic E-state index is 0.0221. The highest BCUT2D eigenvalue weighted by Gasteiger charge is 2.29. The van der Waals surface area contributed by atoms with E-state index in [9.17, 15) is 14.4 Å². The largest absolute Gasteiger partial charge is 0.371 e. The number of fused-ring (bicyclic) bond motifs is 1. The van der Waals surface area contributed by atoms with Crippen molar-refractivity contribution in [3.63, 3.8) is 0 Å². The van der Waals surface area contributed by atoms with Crippen molar-refractivity contribution in [1.29, 1.82) is 0 Å². The number of rotatable bonds is 10. The third-order valence-corrected chi connectivity index (χ3v) is 13.1. The fourth-order valence-corrected chi connectivity index (χ4v) is 9.33. The van der Waals surface area contributed by atoms with E-state index in [-0.39, 0.29) is 35.5 Å². The summed E-state index contributed by atoms with van der Waals surface area (Å²) >= 11 is 6.65. The highest BCUT2D eigenvalue weighted by Crippen LogP contribution is 2.35. The minimum atomic E-state index is -0.427. The van der Waals surface area contributed by atoms with Gasteiger partial charge in [-0.3, -0.25) is 29.8 Å². The monoisotopic (exact) mass is 883 g/mol. The van der Waals surface area contributed by atoms with Gasteiger partial charge in [0.05, 0.1) is 22.4 Å². The molecule has 0 saturated carbocycles. The lowest BCUT2D eigenvalue weighted by Crippen LogP contribution is -2.49. The second-order valence-electron chi connectivity index (χ2n) is 18.3. The van der Waals surface area contributed by atoms with Crippen molar-refractivity contribution in [2.75, 3.05) is 67.1 Å². The van der Waals surface area contributed by atoms with E-state index in [0.717, 1.165) is 103 Å². The quantitative estimate of drug-likeness (QED) is 0.122. The van der Waals surface area contributed by atoms with Gasteiger partial charge in [-0.1, -0.05) is 61.8 Å². The number of hydrogen-bond donors (Lipinski definition) is 3. The Labute approximate surface area is 377 Å². The fourth-order valence-electron chi connectivity index (χ4n) is 9.05. The van der Waals surface area contributed by atoms with E-state index < -0.39 is 6.03 Å². The first kappa shape index (κ1) is 43.0. The zero-order valence-electron chi connectivity index (χ0n) is 36.9. The molecular formula is C48H54ClN11O4. The normalized spacial score (nSPS) is 17.2. The van der Waals surface area contributed by atoms with Crippen molar-refractivity contribution >= 4 is 57.5 Å². The molecule has 16 heteroatoms. The van der Waals surface area contributed by atoms with E-state index >= 15 is 0 Å². The first-order chi connectivity index (χ1) is 30.8. The number of pyridine rings is 1. The van der Waals surface area contributed by atoms with Crippen LogP contribution in [0.1, 0.15) is 80.6 Å². The molecule has 3 fully saturated rings. The number of carbonyl (C=O) groups is 3. The second-order valence-corrected chi connectivity index (χ2v) is 18.7. The van der Waals surface area contributed by atoms with Crippen LogP contribution in [0.2, 0.25) is 5.02 Å². The van der Waals surface area contributed by atoms with Gasteiger partial charge in [0.15, 0.2) is 5.65 Å². The molecule has 0 radical (unpaired) electrons. The van der Waals surface area contributed by atoms with Crippen molar-refractivity contribution in [2.45, 2.75) is 65.3 Å². The number of aromatic nitrogens is 5. The van der Waals surface area contributed by atoms with E-state index in [1.165, 1.54) is 10.6 Å². The number of anilines is 3. The zero-order valence-corrected chi connectivity index (χ0v) is 37.7. The van der Waals surface area contributed by atoms with Crippen LogP contribution in [0.25, 0.3) is 33.4 Å². The summed E-state index contributed by atoms with van der Waals surface area (Å²) in [5.41, 5.74) is 9.21. The Morgan fingerprint density at radius 2 is 1.61 bits per heavy atom. The number of amides is 4. The number of piperidine rings is 1. The van der Waals surface area contributed by atoms with Gasteiger partial charge < -0.3 is 19.6 Å². The number of hydrogen-bond acceptors (Lipinski definition) is 11. The van der Waals surface area contributed by atoms with Crippen LogP contribution in [0.4, 0.5) is 21.9 Å². The number of carbonyl (C=O) groups excluding carboxylic acids is 3. The smallest absolute Gasteiger partial charge is 0.328 e. The van der Waals surface area contributed by atoms with Crippen molar-refractivity contribution in [1.82, 2.24) is 40.9 Å². The lowest BCUT2D eigenvalue weighted by molar-refractivity contribution is -0.120. The van der Waals surface area contributed by atoms with Crippen LogP contribution >= 0.6 is 11.6 Å². The Kier molecular flexibility index (Phi) is 11.9. The van der Waals surface area contributed by atoms with Crippen LogP contribution in [0, 0.1) is 12.8 Å². The molecule has 3 N–H and O–H groups in total. The average molecular weight is 884 g/mol. The summed E-state index contributed by atoms with van der Waals surface area (Å²) in [6.07, 6.45) is 4.38. The number of H-pyrrole nitrogens is 1. The molecule has 9 rings (SSSR count). The van der Waals surface area contributed by atoms with Crippen LogP contribution in [0.3, 0.4) is 0 Å². The Balaban J connectivity index is 0.770. The molecule has 3 aromatic heterocycles. The van der Waals surface area contributed by atoms with Gasteiger partial charge in [-0.05, 0) is 91.8 Å². The summed E-state index contributed by atoms with van der Waals surface area (Å²) < 4.78 is 5.32. The van der Waals surface area contributed by atoms with Crippen LogP contribution in [-0.4, -0.2) is 100 Å². The molecule has 0 aliphatic carbocycles. The number of urea groups is 1. The molecular weight excluding hydrogens is 830 g/mol. The molecule has 6 heterocycles. The summed E-state index contributed by atoms with van der Waals surface area (Å²) in [5.74, 6) is 0.442. The van der Waals surface area contributed by atoms with Crippen LogP contribution in [0.15, 0.2) is 77.4 Å². The maximum atomic E-state index is 13.0. The highest BCUT2D eigenvalue weighted by atomic mass is 35.5. The number of halogens is 1. The second kappa shape index (κ2) is 17.7. The minimum Gasteiger partial charge on any atom is -0.371 e. The lowest BCUT2D eigenvalue weighted by atomic mass is 9.95. The summed E-state index contributed by atoms with van der Waals surface area (Å²) in [5, 5.41) is 18.4. The standard InChI is InChI=1S/C48H54ClN11O4/c1-29-24-33(8-12-37(29)30(2)51-45(62)44-53-46(64-56-44)48(3,4)5)42-38-25-34(27-50-43(38)55-54-42)32-6-9-35(10-7-32)59-22-20-57(21-23-59)28-31-14-17-58(18-15-31)36-11-13-40(39(49)26-36)60-19-16-41(61)52-47(60)63/h6-13,24-27,30-31H,14-23,28H2,1-5H3,(H,51,62)(H,50,54,55)(H,52,61,63). The van der Waals surface area contributed by atoms with Gasteiger partial charge >= 0.3 is 6.03 Å². The summed E-state index contributed by atoms with van der Waals surface area (Å²) in [7, 11) is 0. The predicted octanol–water partition coefficient (Wildman–Crippen LogP) is 7.91. The van der Waals surface area contributed by atoms with Crippen molar-refractivity contribution < 1.29 is 18.9 Å². The first-order valence-corrected chi connectivity index (χ1v) is 22.5. The number of aromatic amines is 1. The van der Waals surface area contributed by atoms with Crippen LogP contribution < -0.4 is 25.3 Å². The number of nitrogens with one attached hydrogen (secondary N) is 3. The molecule has 15 nitrogen and oxygen atoms in total. The molecule has 0 bridgehead atoms. The van der Waals surface area contributed by atoms with Gasteiger partial charge in [0.25, 0.3) is 11.7 Å². The Hall–Kier alpha value is -6.32. The Morgan fingerprint density at radius 3 is 2.30 bits per heavy atom. The molecule has 6 aromatic rings. The maximum Gasteiger partial charge on any atom is 0.328 e. The van der Waals surface area contributed by atoms with Crippen molar-refractivity contribution in [2.24, 2.45) is 5.92 Å². The average Bonchev–Trinajstić information content (AvgIpc) is 3.96. The molecule has 3 aliphatic heterocycles. The number of aryl methyl sites for hydroxylation is 1. The predicted molar refractivity (Wildman–Crippen MR) is 249 cm³/mol. The van der Waals surface area contributed by atoms with Gasteiger partial charge in [0.2, 0.25) is 11.8 Å². The molecule has 4 amide bonds. The summed E-state index contributed by atoms with van der Waals surface area (Å²) in [4.78, 5) is 54.9. The number of nitrogens with zero attached hydrogens (tertiary/aromatic N) is 8.